The first-order valence-corrected chi connectivity index (χ1v) is 6.56. The van der Waals surface area contributed by atoms with Gasteiger partial charge in [0.1, 0.15) is 5.75 Å². The summed E-state index contributed by atoms with van der Waals surface area (Å²) in [6.07, 6.45) is 0. The molecule has 0 atom stereocenters. The molecule has 17 heavy (non-hydrogen) atoms. The van der Waals surface area contributed by atoms with E-state index in [-0.39, 0.29) is 11.5 Å². The fraction of sp³-hybridized carbons (Fsp3) is 0.222. The van der Waals surface area contributed by atoms with Gasteiger partial charge in [-0.25, -0.2) is 21.9 Å². The van der Waals surface area contributed by atoms with Crippen molar-refractivity contribution in [2.75, 3.05) is 5.75 Å². The first-order valence-electron chi connectivity index (χ1n) is 4.50. The minimum Gasteiger partial charge on any atom is -0.392 e. The van der Waals surface area contributed by atoms with Crippen LogP contribution in [0.25, 0.3) is 0 Å². The third kappa shape index (κ3) is 4.72. The second-order valence-corrected chi connectivity index (χ2v) is 5.63. The summed E-state index contributed by atoms with van der Waals surface area (Å²) in [6, 6.07) is 3.12. The fourth-order valence-corrected chi connectivity index (χ4v) is 2.41. The van der Waals surface area contributed by atoms with Gasteiger partial charge in [0.25, 0.3) is 0 Å². The van der Waals surface area contributed by atoms with E-state index in [1.807, 2.05) is 0 Å². The van der Waals surface area contributed by atoms with Gasteiger partial charge in [0.15, 0.2) is 11.6 Å². The van der Waals surface area contributed by atoms with Gasteiger partial charge >= 0.3 is 0 Å². The van der Waals surface area contributed by atoms with Crippen LogP contribution in [0.15, 0.2) is 18.2 Å². The Labute approximate surface area is 103 Å². The van der Waals surface area contributed by atoms with Gasteiger partial charge in [0.2, 0.25) is 10.0 Å². The summed E-state index contributed by atoms with van der Waals surface area (Å²) in [5, 5.41) is 0. The summed E-state index contributed by atoms with van der Waals surface area (Å²) in [5.41, 5.74) is 5.40. The highest BCUT2D eigenvalue weighted by Crippen LogP contribution is 2.08. The van der Waals surface area contributed by atoms with Crippen molar-refractivity contribution in [3.05, 3.63) is 35.4 Å². The molecule has 0 aromatic heterocycles. The number of hydrogen-bond acceptors (Lipinski definition) is 3. The maximum atomic E-state index is 12.8. The van der Waals surface area contributed by atoms with Gasteiger partial charge in [0, 0.05) is 6.54 Å². The molecule has 0 heterocycles. The quantitative estimate of drug-likeness (QED) is 0.778. The van der Waals surface area contributed by atoms with Crippen LogP contribution >= 0.6 is 12.2 Å². The number of hydrogen-bond donors (Lipinski definition) is 2. The first-order chi connectivity index (χ1) is 7.80. The van der Waals surface area contributed by atoms with Crippen LogP contribution in [0.3, 0.4) is 0 Å². The molecule has 3 N–H and O–H groups in total. The van der Waals surface area contributed by atoms with Crippen molar-refractivity contribution in [3.8, 4) is 0 Å². The molecule has 0 aliphatic rings. The second-order valence-electron chi connectivity index (χ2n) is 3.29. The lowest BCUT2D eigenvalue weighted by Gasteiger charge is -2.06. The zero-order valence-electron chi connectivity index (χ0n) is 8.61. The molecular weight excluding hydrogens is 270 g/mol. The van der Waals surface area contributed by atoms with Crippen molar-refractivity contribution in [2.24, 2.45) is 5.73 Å². The highest BCUT2D eigenvalue weighted by Gasteiger charge is 2.12. The van der Waals surface area contributed by atoms with Gasteiger partial charge in [0.05, 0.1) is 4.99 Å². The zero-order chi connectivity index (χ0) is 13.1. The average Bonchev–Trinajstić information content (AvgIpc) is 2.18. The van der Waals surface area contributed by atoms with E-state index in [2.05, 4.69) is 16.9 Å². The Balaban J connectivity index is 2.67. The molecule has 1 aromatic carbocycles. The van der Waals surface area contributed by atoms with Gasteiger partial charge in [-0.3, -0.25) is 0 Å². The van der Waals surface area contributed by atoms with Gasteiger partial charge in [-0.2, -0.15) is 0 Å². The number of sulfonamides is 1. The lowest BCUT2D eigenvalue weighted by atomic mass is 10.2. The monoisotopic (exact) mass is 280 g/mol. The topological polar surface area (TPSA) is 72.2 Å². The number of nitrogens with one attached hydrogen (secondary N) is 1. The van der Waals surface area contributed by atoms with Crippen LogP contribution in [0.1, 0.15) is 5.56 Å². The number of thiocarbonyl (C=S) groups is 1. The van der Waals surface area contributed by atoms with Crippen LogP contribution < -0.4 is 10.5 Å². The minimum absolute atomic E-state index is 0.151. The Morgan fingerprint density at radius 3 is 2.53 bits per heavy atom. The van der Waals surface area contributed by atoms with E-state index in [1.54, 1.807) is 0 Å². The molecule has 0 fully saturated rings. The van der Waals surface area contributed by atoms with Crippen molar-refractivity contribution in [2.45, 2.75) is 6.54 Å². The molecule has 0 bridgehead atoms. The molecule has 0 aliphatic heterocycles. The van der Waals surface area contributed by atoms with Crippen LogP contribution in [0, 0.1) is 11.6 Å². The lowest BCUT2D eigenvalue weighted by Crippen LogP contribution is -2.32. The van der Waals surface area contributed by atoms with E-state index >= 15 is 0 Å². The van der Waals surface area contributed by atoms with E-state index in [0.29, 0.717) is 5.56 Å². The van der Waals surface area contributed by atoms with E-state index < -0.39 is 27.4 Å². The van der Waals surface area contributed by atoms with Crippen molar-refractivity contribution in [1.29, 1.82) is 0 Å². The Hall–Kier alpha value is -1.12. The molecule has 1 rings (SSSR count). The molecule has 0 saturated carbocycles. The van der Waals surface area contributed by atoms with Crippen molar-refractivity contribution in [3.63, 3.8) is 0 Å². The summed E-state index contributed by atoms with van der Waals surface area (Å²) in [7, 11) is -3.63. The maximum absolute atomic E-state index is 12.8. The molecule has 0 spiro atoms. The van der Waals surface area contributed by atoms with Crippen LogP contribution in [0.5, 0.6) is 0 Å². The largest absolute Gasteiger partial charge is 0.392 e. The summed E-state index contributed by atoms with van der Waals surface area (Å²) >= 11 is 4.46. The van der Waals surface area contributed by atoms with Gasteiger partial charge < -0.3 is 5.73 Å². The number of rotatable bonds is 5. The molecule has 1 aromatic rings. The van der Waals surface area contributed by atoms with Crippen LogP contribution in [-0.4, -0.2) is 19.2 Å². The SMILES string of the molecule is NC(=S)CS(=O)(=O)NCc1ccc(F)c(F)c1. The summed E-state index contributed by atoms with van der Waals surface area (Å²) in [6.45, 7) is -0.151. The molecule has 0 amide bonds. The predicted molar refractivity (Wildman–Crippen MR) is 63.8 cm³/mol. The molecule has 0 aliphatic carbocycles. The number of halogens is 2. The standard InChI is InChI=1S/C9H10F2N2O2S2/c10-7-2-1-6(3-8(7)11)4-13-17(14,15)5-9(12)16/h1-3,13H,4-5H2,(H2,12,16). The minimum atomic E-state index is -3.63. The van der Waals surface area contributed by atoms with Crippen LogP contribution in [0.2, 0.25) is 0 Å². The average molecular weight is 280 g/mol. The summed E-state index contributed by atoms with van der Waals surface area (Å²) in [5.74, 6) is -2.50. The number of benzene rings is 1. The van der Waals surface area contributed by atoms with Gasteiger partial charge in [-0.05, 0) is 17.7 Å². The highest BCUT2D eigenvalue weighted by molar-refractivity contribution is 7.92. The smallest absolute Gasteiger partial charge is 0.218 e. The van der Waals surface area contributed by atoms with E-state index in [4.69, 9.17) is 5.73 Å². The Morgan fingerprint density at radius 1 is 1.35 bits per heavy atom. The fourth-order valence-electron chi connectivity index (χ4n) is 1.08. The zero-order valence-corrected chi connectivity index (χ0v) is 10.2. The Morgan fingerprint density at radius 2 is 2.00 bits per heavy atom. The first kappa shape index (κ1) is 13.9. The highest BCUT2D eigenvalue weighted by atomic mass is 32.2. The van der Waals surface area contributed by atoms with Crippen molar-refractivity contribution in [1.82, 2.24) is 4.72 Å². The summed E-state index contributed by atoms with van der Waals surface area (Å²) in [4.78, 5) is -0.164. The van der Waals surface area contributed by atoms with E-state index in [0.717, 1.165) is 12.1 Å². The molecular formula is C9H10F2N2O2S2. The van der Waals surface area contributed by atoms with Crippen molar-refractivity contribution >= 4 is 27.2 Å². The predicted octanol–water partition coefficient (Wildman–Crippen LogP) is 0.670. The van der Waals surface area contributed by atoms with E-state index in [9.17, 15) is 17.2 Å². The molecule has 0 saturated heterocycles. The number of nitrogens with two attached hydrogens (primary N) is 1. The third-order valence-electron chi connectivity index (χ3n) is 1.81. The lowest BCUT2D eigenvalue weighted by molar-refractivity contribution is 0.506. The summed E-state index contributed by atoms with van der Waals surface area (Å²) < 4.78 is 50.2. The Bertz CT molecular complexity index is 532. The molecule has 94 valence electrons. The molecule has 8 heteroatoms. The van der Waals surface area contributed by atoms with Gasteiger partial charge in [-0.15, -0.1) is 0 Å². The Kier molecular flexibility index (Phi) is 4.49. The molecule has 0 radical (unpaired) electrons. The second kappa shape index (κ2) is 5.48. The molecule has 4 nitrogen and oxygen atoms in total. The molecule has 0 unspecified atom stereocenters. The van der Waals surface area contributed by atoms with E-state index in [1.165, 1.54) is 6.07 Å². The third-order valence-corrected chi connectivity index (χ3v) is 3.41. The maximum Gasteiger partial charge on any atom is 0.218 e. The van der Waals surface area contributed by atoms with Gasteiger partial charge in [-0.1, -0.05) is 18.3 Å². The normalized spacial score (nSPS) is 11.4. The van der Waals surface area contributed by atoms with Crippen LogP contribution in [0.4, 0.5) is 8.78 Å². The van der Waals surface area contributed by atoms with Crippen LogP contribution in [-0.2, 0) is 16.6 Å². The van der Waals surface area contributed by atoms with Crippen molar-refractivity contribution < 1.29 is 17.2 Å².